The van der Waals surface area contributed by atoms with Crippen LogP contribution in [-0.4, -0.2) is 71.2 Å². The Morgan fingerprint density at radius 3 is 2.66 bits per heavy atom. The van der Waals surface area contributed by atoms with Crippen LogP contribution in [0.5, 0.6) is 0 Å². The van der Waals surface area contributed by atoms with Gasteiger partial charge in [0, 0.05) is 36.3 Å². The lowest BCUT2D eigenvalue weighted by atomic mass is 9.76. The number of nitrogens with one attached hydrogen (secondary N) is 1. The third kappa shape index (κ3) is 4.80. The molecule has 0 radical (unpaired) electrons. The van der Waals surface area contributed by atoms with Crippen molar-refractivity contribution in [3.8, 4) is 0 Å². The van der Waals surface area contributed by atoms with Crippen molar-refractivity contribution in [2.45, 2.75) is 51.5 Å². The highest BCUT2D eigenvalue weighted by molar-refractivity contribution is 7.99. The monoisotopic (exact) mass is 476 g/mol. The van der Waals surface area contributed by atoms with E-state index in [0.29, 0.717) is 30.5 Å². The van der Waals surface area contributed by atoms with Gasteiger partial charge in [0.2, 0.25) is 5.91 Å². The molecule has 4 rings (SSSR count). The molecule has 1 aromatic carbocycles. The second kappa shape index (κ2) is 10.7. The highest BCUT2D eigenvalue weighted by Gasteiger charge is 2.48. The Labute approximate surface area is 199 Å². The van der Waals surface area contributed by atoms with Crippen LogP contribution < -0.4 is 5.32 Å². The molecule has 3 aliphatic rings. The van der Waals surface area contributed by atoms with Gasteiger partial charge in [0.15, 0.2) is 6.29 Å². The summed E-state index contributed by atoms with van der Waals surface area (Å²) in [6.45, 7) is 5.31. The second-order valence-electron chi connectivity index (χ2n) is 8.57. The van der Waals surface area contributed by atoms with Crippen LogP contribution in [0.25, 0.3) is 0 Å². The third-order valence-electron chi connectivity index (χ3n) is 6.68. The summed E-state index contributed by atoms with van der Waals surface area (Å²) in [7, 11) is 0. The van der Waals surface area contributed by atoms with Gasteiger partial charge in [-0.15, -0.1) is 11.8 Å². The van der Waals surface area contributed by atoms with E-state index in [2.05, 4.69) is 17.4 Å². The molecule has 2 saturated heterocycles. The number of carbonyl (C=O) groups excluding carboxylic acids is 2. The van der Waals surface area contributed by atoms with Crippen molar-refractivity contribution in [3.05, 3.63) is 35.4 Å². The fourth-order valence-electron chi connectivity index (χ4n) is 5.06. The number of thioether (sulfide) groups is 1. The number of fused-ring (bicyclic) bond motifs is 1. The van der Waals surface area contributed by atoms with Crippen molar-refractivity contribution in [2.24, 2.45) is 11.8 Å². The summed E-state index contributed by atoms with van der Waals surface area (Å²) in [5.41, 5.74) is 2.57. The molecule has 0 saturated carbocycles. The number of aryl methyl sites for hydroxylation is 1. The zero-order valence-electron chi connectivity index (χ0n) is 18.7. The largest absolute Gasteiger partial charge is 0.351 e. The average Bonchev–Trinajstić information content (AvgIpc) is 3.44. The van der Waals surface area contributed by atoms with Crippen molar-refractivity contribution >= 4 is 40.5 Å². The SMILES string of the molecule is CCOC(OCC)[C@@H]1CSCN1C(=O)[C@H]1NCC(=S)C1C(=O)[C@H]1CCc2ccccc2C1. The van der Waals surface area contributed by atoms with E-state index in [0.717, 1.165) is 25.0 Å². The maximum atomic E-state index is 13.6. The van der Waals surface area contributed by atoms with Crippen LogP contribution in [0, 0.1) is 11.8 Å². The molecule has 174 valence electrons. The summed E-state index contributed by atoms with van der Waals surface area (Å²) in [5.74, 6) is 0.735. The minimum atomic E-state index is -0.600. The number of nitrogens with zero attached hydrogens (tertiary/aromatic N) is 1. The van der Waals surface area contributed by atoms with Crippen LogP contribution in [-0.2, 0) is 31.9 Å². The van der Waals surface area contributed by atoms with E-state index in [-0.39, 0.29) is 23.7 Å². The van der Waals surface area contributed by atoms with Crippen molar-refractivity contribution in [1.82, 2.24) is 10.2 Å². The lowest BCUT2D eigenvalue weighted by Gasteiger charge is -2.33. The molecule has 4 atom stereocenters. The van der Waals surface area contributed by atoms with Gasteiger partial charge in [-0.1, -0.05) is 36.5 Å². The number of thiocarbonyl (C=S) groups is 1. The molecule has 6 nitrogen and oxygen atoms in total. The second-order valence-corrected chi connectivity index (χ2v) is 10.1. The van der Waals surface area contributed by atoms with E-state index in [1.165, 1.54) is 11.1 Å². The maximum absolute atomic E-state index is 13.6. The fraction of sp³-hybridized carbons (Fsp3) is 0.625. The normalized spacial score (nSPS) is 27.7. The summed E-state index contributed by atoms with van der Waals surface area (Å²) < 4.78 is 11.6. The smallest absolute Gasteiger partial charge is 0.241 e. The lowest BCUT2D eigenvalue weighted by Crippen LogP contribution is -2.54. The topological polar surface area (TPSA) is 67.9 Å². The van der Waals surface area contributed by atoms with Crippen molar-refractivity contribution < 1.29 is 19.1 Å². The minimum absolute atomic E-state index is 0.0705. The average molecular weight is 477 g/mol. The minimum Gasteiger partial charge on any atom is -0.351 e. The molecule has 1 aliphatic carbocycles. The first kappa shape index (κ1) is 23.8. The summed E-state index contributed by atoms with van der Waals surface area (Å²) in [6.07, 6.45) is 1.98. The Morgan fingerprint density at radius 2 is 1.94 bits per heavy atom. The van der Waals surface area contributed by atoms with Crippen LogP contribution in [0.4, 0.5) is 0 Å². The van der Waals surface area contributed by atoms with Crippen LogP contribution in [0.2, 0.25) is 0 Å². The predicted octanol–water partition coefficient (Wildman–Crippen LogP) is 2.62. The first-order chi connectivity index (χ1) is 15.5. The molecule has 1 unspecified atom stereocenters. The molecule has 1 aromatic rings. The van der Waals surface area contributed by atoms with Gasteiger partial charge in [0.25, 0.3) is 0 Å². The van der Waals surface area contributed by atoms with Gasteiger partial charge in [-0.2, -0.15) is 0 Å². The number of rotatable bonds is 8. The zero-order valence-corrected chi connectivity index (χ0v) is 20.4. The first-order valence-electron chi connectivity index (χ1n) is 11.5. The van der Waals surface area contributed by atoms with Gasteiger partial charge >= 0.3 is 0 Å². The predicted molar refractivity (Wildman–Crippen MR) is 130 cm³/mol. The van der Waals surface area contributed by atoms with E-state index in [4.69, 9.17) is 21.7 Å². The van der Waals surface area contributed by atoms with Crippen LogP contribution in [0.3, 0.4) is 0 Å². The number of Topliss-reactive ketones (excluding diaryl/α,β-unsaturated/α-hetero) is 1. The molecular weight excluding hydrogens is 444 g/mol. The molecule has 2 heterocycles. The quantitative estimate of drug-likeness (QED) is 0.457. The first-order valence-corrected chi connectivity index (χ1v) is 13.1. The molecule has 32 heavy (non-hydrogen) atoms. The Bertz CT molecular complexity index is 858. The number of ether oxygens (including phenoxy) is 2. The maximum Gasteiger partial charge on any atom is 0.241 e. The van der Waals surface area contributed by atoms with Gasteiger partial charge in [0.05, 0.1) is 17.8 Å². The molecule has 1 N–H and O–H groups in total. The number of hydrogen-bond acceptors (Lipinski definition) is 7. The molecule has 2 fully saturated rings. The molecule has 0 aromatic heterocycles. The van der Waals surface area contributed by atoms with Gasteiger partial charge in [-0.25, -0.2) is 0 Å². The Morgan fingerprint density at radius 1 is 1.22 bits per heavy atom. The number of ketones is 1. The van der Waals surface area contributed by atoms with Gasteiger partial charge in [-0.3, -0.25) is 9.59 Å². The Balaban J connectivity index is 1.50. The molecule has 0 bridgehead atoms. The molecule has 2 aliphatic heterocycles. The van der Waals surface area contributed by atoms with Crippen LogP contribution in [0.15, 0.2) is 24.3 Å². The highest BCUT2D eigenvalue weighted by Crippen LogP contribution is 2.32. The third-order valence-corrected chi connectivity index (χ3v) is 8.11. The van der Waals surface area contributed by atoms with E-state index in [1.807, 2.05) is 30.9 Å². The lowest BCUT2D eigenvalue weighted by molar-refractivity contribution is -0.174. The summed E-state index contributed by atoms with van der Waals surface area (Å²) in [4.78, 5) is 29.7. The van der Waals surface area contributed by atoms with Gasteiger partial charge in [0.1, 0.15) is 11.8 Å². The molecule has 8 heteroatoms. The fourth-order valence-corrected chi connectivity index (χ4v) is 6.59. The number of hydrogen-bond donors (Lipinski definition) is 1. The van der Waals surface area contributed by atoms with Crippen molar-refractivity contribution in [3.63, 3.8) is 0 Å². The van der Waals surface area contributed by atoms with E-state index in [1.54, 1.807) is 11.8 Å². The van der Waals surface area contributed by atoms with Crippen LogP contribution >= 0.6 is 24.0 Å². The number of benzene rings is 1. The summed E-state index contributed by atoms with van der Waals surface area (Å²) >= 11 is 7.28. The zero-order chi connectivity index (χ0) is 22.7. The van der Waals surface area contributed by atoms with E-state index >= 15 is 0 Å². The van der Waals surface area contributed by atoms with E-state index in [9.17, 15) is 9.59 Å². The summed E-state index contributed by atoms with van der Waals surface area (Å²) in [5, 5.41) is 3.25. The number of amides is 1. The Kier molecular flexibility index (Phi) is 8.00. The van der Waals surface area contributed by atoms with Gasteiger partial charge in [-0.05, 0) is 44.2 Å². The van der Waals surface area contributed by atoms with Crippen molar-refractivity contribution in [1.29, 1.82) is 0 Å². The standard InChI is InChI=1S/C24H32N2O4S2/c1-3-29-24(30-4-2)18-13-32-14-26(18)23(28)21-20(19(31)12-25-21)22(27)17-10-9-15-7-5-6-8-16(15)11-17/h5-8,17-18,20-21,24-25H,3-4,9-14H2,1-2H3/t17-,18-,20?,21-/m0/s1. The highest BCUT2D eigenvalue weighted by atomic mass is 32.2. The van der Waals surface area contributed by atoms with Crippen molar-refractivity contribution in [2.75, 3.05) is 31.4 Å². The molecular formula is C24H32N2O4S2. The molecule has 1 amide bonds. The molecule has 0 spiro atoms. The van der Waals surface area contributed by atoms with Crippen LogP contribution in [0.1, 0.15) is 31.4 Å². The number of carbonyl (C=O) groups is 2. The summed E-state index contributed by atoms with van der Waals surface area (Å²) in [6, 6.07) is 7.56. The van der Waals surface area contributed by atoms with E-state index < -0.39 is 18.2 Å². The Hall–Kier alpha value is -1.32. The van der Waals surface area contributed by atoms with Gasteiger partial charge < -0.3 is 19.7 Å².